The molecule has 0 unspecified atom stereocenters. The molecule has 122 valence electrons. The average Bonchev–Trinajstić information content (AvgIpc) is 2.65. The van der Waals surface area contributed by atoms with Crippen LogP contribution in [-0.4, -0.2) is 7.05 Å². The van der Waals surface area contributed by atoms with Gasteiger partial charge in [0.25, 0.3) is 22.9 Å². The van der Waals surface area contributed by atoms with Crippen LogP contribution in [0.2, 0.25) is 0 Å². The van der Waals surface area contributed by atoms with Crippen LogP contribution < -0.4 is 2.70 Å². The van der Waals surface area contributed by atoms with E-state index in [4.69, 9.17) is 0 Å². The Labute approximate surface area is 154 Å². The summed E-state index contributed by atoms with van der Waals surface area (Å²) in [5, 5.41) is 0. The summed E-state index contributed by atoms with van der Waals surface area (Å²) in [5.74, 6) is 0. The van der Waals surface area contributed by atoms with E-state index < -0.39 is 0 Å². The van der Waals surface area contributed by atoms with Gasteiger partial charge in [-0.3, -0.25) is 0 Å². The number of nitrogens with zero attached hydrogens (tertiary/aromatic N) is 1. The molecule has 2 aromatic carbocycles. The highest BCUT2D eigenvalue weighted by Crippen LogP contribution is 2.55. The van der Waals surface area contributed by atoms with Gasteiger partial charge < -0.3 is 0 Å². The SMILES string of the molecule is CC(C)(C)c1ccc2c(c1)-c1cc(C(C)(C)C)ccc1[N+]2(C)I. The van der Waals surface area contributed by atoms with Gasteiger partial charge in [-0.2, -0.15) is 0 Å². The van der Waals surface area contributed by atoms with Crippen LogP contribution in [0.1, 0.15) is 52.7 Å². The van der Waals surface area contributed by atoms with Crippen LogP contribution in [0.25, 0.3) is 11.1 Å². The molecule has 0 aromatic heterocycles. The van der Waals surface area contributed by atoms with Crippen molar-refractivity contribution in [3.63, 3.8) is 0 Å². The van der Waals surface area contributed by atoms with E-state index in [0.717, 1.165) is 2.70 Å². The van der Waals surface area contributed by atoms with Crippen molar-refractivity contribution in [2.75, 3.05) is 7.05 Å². The van der Waals surface area contributed by atoms with Crippen molar-refractivity contribution in [2.45, 2.75) is 52.4 Å². The Balaban J connectivity index is 2.28. The molecule has 0 saturated carbocycles. The zero-order valence-electron chi connectivity index (χ0n) is 15.3. The summed E-state index contributed by atoms with van der Waals surface area (Å²) in [6.45, 7) is 13.7. The molecule has 0 saturated heterocycles. The Kier molecular flexibility index (Phi) is 3.73. The fourth-order valence-electron chi connectivity index (χ4n) is 3.30. The van der Waals surface area contributed by atoms with Crippen molar-refractivity contribution in [3.05, 3.63) is 47.5 Å². The maximum atomic E-state index is 2.55. The maximum absolute atomic E-state index is 2.55. The normalized spacial score (nSPS) is 16.2. The number of fused-ring (bicyclic) bond motifs is 3. The lowest BCUT2D eigenvalue weighted by Gasteiger charge is -2.23. The Morgan fingerprint density at radius 2 is 1.04 bits per heavy atom. The molecule has 0 atom stereocenters. The third-order valence-corrected chi connectivity index (χ3v) is 5.96. The Morgan fingerprint density at radius 1 is 0.696 bits per heavy atom. The second kappa shape index (κ2) is 5.06. The summed E-state index contributed by atoms with van der Waals surface area (Å²) in [6, 6.07) is 14.0. The molecule has 2 aromatic rings. The van der Waals surface area contributed by atoms with Crippen LogP contribution in [0, 0.1) is 0 Å². The van der Waals surface area contributed by atoms with E-state index in [1.54, 1.807) is 0 Å². The number of rotatable bonds is 0. The van der Waals surface area contributed by atoms with Crippen molar-refractivity contribution in [3.8, 4) is 11.1 Å². The average molecular weight is 420 g/mol. The minimum Gasteiger partial charge on any atom is -0.205 e. The standard InChI is InChI=1S/C21H27IN/c1-20(2,3)14-8-10-18-16(12-14)17-13-15(21(4,5)6)9-11-19(17)23(18,7)22/h8-13H,1-7H3/q+1. The van der Waals surface area contributed by atoms with Crippen LogP contribution in [0.4, 0.5) is 11.4 Å². The van der Waals surface area contributed by atoms with Gasteiger partial charge in [-0.1, -0.05) is 53.7 Å². The molecular weight excluding hydrogens is 393 g/mol. The molecule has 1 aliphatic rings. The summed E-state index contributed by atoms with van der Waals surface area (Å²) in [4.78, 5) is 0. The van der Waals surface area contributed by atoms with Crippen LogP contribution in [0.15, 0.2) is 36.4 Å². The third kappa shape index (κ3) is 2.74. The van der Waals surface area contributed by atoms with Gasteiger partial charge in [-0.15, -0.1) is 0 Å². The van der Waals surface area contributed by atoms with Gasteiger partial charge in [0.1, 0.15) is 0 Å². The maximum Gasteiger partial charge on any atom is 0.260 e. The quantitative estimate of drug-likeness (QED) is 0.322. The minimum absolute atomic E-state index is 0.175. The summed E-state index contributed by atoms with van der Waals surface area (Å²) in [5.41, 5.74) is 8.73. The number of hydrogen-bond acceptors (Lipinski definition) is 0. The topological polar surface area (TPSA) is 0 Å². The monoisotopic (exact) mass is 420 g/mol. The fraction of sp³-hybridized carbons (Fsp3) is 0.429. The lowest BCUT2D eigenvalue weighted by atomic mass is 9.83. The van der Waals surface area contributed by atoms with Crippen LogP contribution >= 0.6 is 22.9 Å². The lowest BCUT2D eigenvalue weighted by molar-refractivity contribution is 0.589. The first kappa shape index (κ1) is 17.0. The third-order valence-electron chi connectivity index (χ3n) is 4.92. The van der Waals surface area contributed by atoms with Crippen LogP contribution in [-0.2, 0) is 10.8 Å². The van der Waals surface area contributed by atoms with Gasteiger partial charge in [0.05, 0.1) is 18.2 Å². The highest BCUT2D eigenvalue weighted by molar-refractivity contribution is 14.1. The number of benzene rings is 2. The lowest BCUT2D eigenvalue weighted by Crippen LogP contribution is -2.23. The van der Waals surface area contributed by atoms with Crippen molar-refractivity contribution < 1.29 is 0 Å². The molecule has 0 bridgehead atoms. The summed E-state index contributed by atoms with van der Waals surface area (Å²) in [7, 11) is 2.28. The van der Waals surface area contributed by atoms with Crippen molar-refractivity contribution >= 4 is 34.2 Å². The molecule has 0 aliphatic carbocycles. The van der Waals surface area contributed by atoms with E-state index in [0.29, 0.717) is 0 Å². The molecule has 2 heteroatoms. The van der Waals surface area contributed by atoms with E-state index in [1.165, 1.54) is 33.6 Å². The van der Waals surface area contributed by atoms with Crippen LogP contribution in [0.5, 0.6) is 0 Å². The molecule has 0 spiro atoms. The smallest absolute Gasteiger partial charge is 0.205 e. The van der Waals surface area contributed by atoms with Crippen molar-refractivity contribution in [1.82, 2.24) is 2.70 Å². The van der Waals surface area contributed by atoms with Crippen LogP contribution in [0.3, 0.4) is 0 Å². The predicted octanol–water partition coefficient (Wildman–Crippen LogP) is 6.88. The fourth-order valence-corrected chi connectivity index (χ4v) is 4.14. The molecule has 0 N–H and O–H groups in total. The molecule has 1 heterocycles. The number of halogens is 1. The molecular formula is C21H27IN+. The first-order chi connectivity index (χ1) is 10.4. The molecule has 1 nitrogen and oxygen atoms in total. The van der Waals surface area contributed by atoms with Gasteiger partial charge in [-0.05, 0) is 34.1 Å². The predicted molar refractivity (Wildman–Crippen MR) is 111 cm³/mol. The highest BCUT2D eigenvalue weighted by atomic mass is 127. The van der Waals surface area contributed by atoms with E-state index in [9.17, 15) is 0 Å². The molecule has 23 heavy (non-hydrogen) atoms. The van der Waals surface area contributed by atoms with Gasteiger partial charge >= 0.3 is 0 Å². The Morgan fingerprint density at radius 3 is 1.35 bits per heavy atom. The van der Waals surface area contributed by atoms with E-state index in [2.05, 4.69) is 108 Å². The Bertz CT molecular complexity index is 708. The summed E-state index contributed by atoms with van der Waals surface area (Å²) >= 11 is 2.55. The van der Waals surface area contributed by atoms with Crippen molar-refractivity contribution in [1.29, 1.82) is 0 Å². The second-order valence-electron chi connectivity index (χ2n) is 8.86. The number of quaternary nitrogens is 1. The van der Waals surface area contributed by atoms with Gasteiger partial charge in [0.15, 0.2) is 11.4 Å². The summed E-state index contributed by atoms with van der Waals surface area (Å²) in [6.07, 6.45) is 0. The van der Waals surface area contributed by atoms with Crippen molar-refractivity contribution in [2.24, 2.45) is 0 Å². The van der Waals surface area contributed by atoms with E-state index in [1.807, 2.05) is 0 Å². The zero-order valence-corrected chi connectivity index (χ0v) is 17.4. The Hall–Kier alpha value is -0.870. The molecule has 0 radical (unpaired) electrons. The minimum atomic E-state index is 0.175. The zero-order chi connectivity index (χ0) is 17.2. The first-order valence-corrected chi connectivity index (χ1v) is 9.25. The molecule has 0 amide bonds. The van der Waals surface area contributed by atoms with Gasteiger partial charge in [0, 0.05) is 12.1 Å². The molecule has 1 aliphatic heterocycles. The molecule has 3 rings (SSSR count). The largest absolute Gasteiger partial charge is 0.260 e. The second-order valence-corrected chi connectivity index (χ2v) is 10.8. The number of hydrogen-bond donors (Lipinski definition) is 0. The molecule has 0 fully saturated rings. The van der Waals surface area contributed by atoms with Gasteiger partial charge in [-0.25, -0.2) is 2.70 Å². The summed E-state index contributed by atoms with van der Waals surface area (Å²) < 4.78 is 0.803. The van der Waals surface area contributed by atoms with Gasteiger partial charge in [0.2, 0.25) is 0 Å². The van der Waals surface area contributed by atoms with E-state index >= 15 is 0 Å². The van der Waals surface area contributed by atoms with E-state index in [-0.39, 0.29) is 10.8 Å². The highest BCUT2D eigenvalue weighted by Gasteiger charge is 2.40. The first-order valence-electron chi connectivity index (χ1n) is 8.29.